The molecule has 0 aliphatic rings. The van der Waals surface area contributed by atoms with Crippen molar-refractivity contribution in [3.63, 3.8) is 0 Å². The minimum atomic E-state index is -0.0967. The van der Waals surface area contributed by atoms with E-state index < -0.39 is 0 Å². The summed E-state index contributed by atoms with van der Waals surface area (Å²) >= 11 is 1.47. The van der Waals surface area contributed by atoms with Gasteiger partial charge in [-0.05, 0) is 53.5 Å². The third kappa shape index (κ3) is 4.11. The van der Waals surface area contributed by atoms with Gasteiger partial charge in [-0.25, -0.2) is 0 Å². The average molecular weight is 425 g/mol. The second-order valence-corrected chi connectivity index (χ2v) is 8.01. The number of amides is 1. The monoisotopic (exact) mass is 424 g/mol. The van der Waals surface area contributed by atoms with E-state index in [2.05, 4.69) is 32.1 Å². The molecule has 31 heavy (non-hydrogen) atoms. The fraction of sp³-hybridized carbons (Fsp3) is 0.0800. The summed E-state index contributed by atoms with van der Waals surface area (Å²) in [5.41, 5.74) is 3.55. The van der Waals surface area contributed by atoms with Crippen molar-refractivity contribution in [1.29, 1.82) is 0 Å². The minimum absolute atomic E-state index is 0.0967. The summed E-state index contributed by atoms with van der Waals surface area (Å²) in [6.07, 6.45) is 1.85. The molecule has 0 unspecified atom stereocenters. The summed E-state index contributed by atoms with van der Waals surface area (Å²) in [4.78, 5) is 17.2. The maximum Gasteiger partial charge on any atom is 0.251 e. The zero-order valence-corrected chi connectivity index (χ0v) is 17.5. The molecule has 3 aromatic carbocycles. The van der Waals surface area contributed by atoms with Gasteiger partial charge in [-0.3, -0.25) is 9.78 Å². The van der Waals surface area contributed by atoms with Gasteiger partial charge in [-0.15, -0.1) is 0 Å². The molecular formula is C25H20N4OS. The molecule has 2 heterocycles. The van der Waals surface area contributed by atoms with Crippen molar-refractivity contribution in [2.75, 3.05) is 18.4 Å². The van der Waals surface area contributed by atoms with E-state index in [9.17, 15) is 4.79 Å². The van der Waals surface area contributed by atoms with E-state index >= 15 is 0 Å². The quantitative estimate of drug-likeness (QED) is 0.361. The molecule has 6 heteroatoms. The van der Waals surface area contributed by atoms with Gasteiger partial charge in [-0.2, -0.15) is 4.37 Å². The first kappa shape index (κ1) is 19.2. The van der Waals surface area contributed by atoms with Crippen LogP contribution in [0.2, 0.25) is 0 Å². The summed E-state index contributed by atoms with van der Waals surface area (Å²) in [6, 6.07) is 25.9. The molecule has 0 atom stereocenters. The number of carbonyl (C=O) groups is 1. The van der Waals surface area contributed by atoms with Crippen LogP contribution >= 0.6 is 11.5 Å². The van der Waals surface area contributed by atoms with Gasteiger partial charge in [0.15, 0.2) is 0 Å². The van der Waals surface area contributed by atoms with Gasteiger partial charge in [0.2, 0.25) is 0 Å². The topological polar surface area (TPSA) is 66.9 Å². The Balaban J connectivity index is 1.23. The number of hydrogen-bond acceptors (Lipinski definition) is 5. The van der Waals surface area contributed by atoms with Crippen LogP contribution in [0.15, 0.2) is 85.1 Å². The lowest BCUT2D eigenvalue weighted by Crippen LogP contribution is -2.28. The Kier molecular flexibility index (Phi) is 5.29. The number of fused-ring (bicyclic) bond motifs is 2. The van der Waals surface area contributed by atoms with Gasteiger partial charge in [0.1, 0.15) is 5.82 Å². The van der Waals surface area contributed by atoms with Crippen molar-refractivity contribution in [2.24, 2.45) is 0 Å². The summed E-state index contributed by atoms with van der Waals surface area (Å²) < 4.78 is 5.60. The highest BCUT2D eigenvalue weighted by molar-refractivity contribution is 7.13. The Morgan fingerprint density at radius 2 is 1.74 bits per heavy atom. The third-order valence-corrected chi connectivity index (χ3v) is 5.96. The number of rotatable bonds is 6. The molecule has 0 saturated heterocycles. The largest absolute Gasteiger partial charge is 0.367 e. The van der Waals surface area contributed by atoms with Crippen molar-refractivity contribution < 1.29 is 4.79 Å². The van der Waals surface area contributed by atoms with Gasteiger partial charge < -0.3 is 10.6 Å². The molecule has 5 aromatic rings. The minimum Gasteiger partial charge on any atom is -0.367 e. The maximum absolute atomic E-state index is 12.6. The second-order valence-electron chi connectivity index (χ2n) is 7.21. The molecule has 2 aromatic heterocycles. The number of para-hydroxylation sites is 1. The Morgan fingerprint density at radius 3 is 2.71 bits per heavy atom. The number of carbonyl (C=O) groups excluding carboxylic acids is 1. The molecule has 2 N–H and O–H groups in total. The van der Waals surface area contributed by atoms with Crippen LogP contribution in [0.25, 0.3) is 32.1 Å². The SMILES string of the molecule is O=C(NCCNc1nsc2ccccc12)c1cccc(-c2cnc3ccccc3c2)c1. The van der Waals surface area contributed by atoms with Gasteiger partial charge >= 0.3 is 0 Å². The summed E-state index contributed by atoms with van der Waals surface area (Å²) in [7, 11) is 0. The average Bonchev–Trinajstić information content (AvgIpc) is 3.24. The zero-order chi connectivity index (χ0) is 21.0. The number of anilines is 1. The van der Waals surface area contributed by atoms with Crippen LogP contribution in [0.3, 0.4) is 0 Å². The molecule has 5 nitrogen and oxygen atoms in total. The molecule has 5 rings (SSSR count). The van der Waals surface area contributed by atoms with Crippen LogP contribution in [-0.2, 0) is 0 Å². The Bertz CT molecular complexity index is 1380. The molecule has 0 spiro atoms. The van der Waals surface area contributed by atoms with E-state index in [1.165, 1.54) is 11.5 Å². The Labute approximate surface area is 183 Å². The standard InChI is InChI=1S/C25H20N4OS/c30-25(27-13-12-26-24-21-9-2-4-11-23(21)31-29-24)19-8-5-7-17(14-19)20-15-18-6-1-3-10-22(18)28-16-20/h1-11,14-16H,12-13H2,(H,26,29)(H,27,30). The van der Waals surface area contributed by atoms with Crippen molar-refractivity contribution >= 4 is 44.2 Å². The molecule has 0 fully saturated rings. The summed E-state index contributed by atoms with van der Waals surface area (Å²) in [6.45, 7) is 1.11. The number of nitrogens with one attached hydrogen (secondary N) is 2. The highest BCUT2D eigenvalue weighted by Crippen LogP contribution is 2.26. The predicted molar refractivity (Wildman–Crippen MR) is 128 cm³/mol. The number of benzene rings is 3. The molecule has 1 amide bonds. The molecule has 0 saturated carbocycles. The second kappa shape index (κ2) is 8.53. The van der Waals surface area contributed by atoms with E-state index in [-0.39, 0.29) is 5.91 Å². The van der Waals surface area contributed by atoms with Gasteiger partial charge in [0.25, 0.3) is 5.91 Å². The Morgan fingerprint density at radius 1 is 0.871 bits per heavy atom. The first-order valence-electron chi connectivity index (χ1n) is 10.1. The fourth-order valence-electron chi connectivity index (χ4n) is 3.54. The first-order valence-corrected chi connectivity index (χ1v) is 10.9. The van der Waals surface area contributed by atoms with Crippen LogP contribution in [-0.4, -0.2) is 28.4 Å². The van der Waals surface area contributed by atoms with Crippen molar-refractivity contribution in [3.8, 4) is 11.1 Å². The zero-order valence-electron chi connectivity index (χ0n) is 16.7. The van der Waals surface area contributed by atoms with Crippen LogP contribution in [0.1, 0.15) is 10.4 Å². The normalized spacial score (nSPS) is 11.0. The number of hydrogen-bond donors (Lipinski definition) is 2. The molecule has 0 aliphatic heterocycles. The summed E-state index contributed by atoms with van der Waals surface area (Å²) in [5.74, 6) is 0.765. The number of aromatic nitrogens is 2. The Hall–Kier alpha value is -3.77. The highest BCUT2D eigenvalue weighted by atomic mass is 32.1. The molecular weight excluding hydrogens is 404 g/mol. The van der Waals surface area contributed by atoms with Crippen LogP contribution < -0.4 is 10.6 Å². The number of pyridine rings is 1. The van der Waals surface area contributed by atoms with Crippen molar-refractivity contribution in [2.45, 2.75) is 0 Å². The van der Waals surface area contributed by atoms with Gasteiger partial charge in [-0.1, -0.05) is 42.5 Å². The third-order valence-electron chi connectivity index (χ3n) is 5.13. The smallest absolute Gasteiger partial charge is 0.251 e. The van der Waals surface area contributed by atoms with E-state index in [1.54, 1.807) is 0 Å². The summed E-state index contributed by atoms with van der Waals surface area (Å²) in [5, 5.41) is 8.47. The number of nitrogens with zero attached hydrogens (tertiary/aromatic N) is 2. The lowest BCUT2D eigenvalue weighted by atomic mass is 10.0. The molecule has 152 valence electrons. The first-order chi connectivity index (χ1) is 15.3. The fourth-order valence-corrected chi connectivity index (χ4v) is 4.30. The van der Waals surface area contributed by atoms with Crippen molar-refractivity contribution in [1.82, 2.24) is 14.7 Å². The van der Waals surface area contributed by atoms with Crippen LogP contribution in [0, 0.1) is 0 Å². The van der Waals surface area contributed by atoms with E-state index in [1.807, 2.05) is 72.9 Å². The molecule has 0 bridgehead atoms. The van der Waals surface area contributed by atoms with E-state index in [0.29, 0.717) is 18.7 Å². The molecule has 0 radical (unpaired) electrons. The van der Waals surface area contributed by atoms with Gasteiger partial charge in [0, 0.05) is 41.2 Å². The van der Waals surface area contributed by atoms with Gasteiger partial charge in [0.05, 0.1) is 10.2 Å². The highest BCUT2D eigenvalue weighted by Gasteiger charge is 2.09. The van der Waals surface area contributed by atoms with Crippen LogP contribution in [0.5, 0.6) is 0 Å². The maximum atomic E-state index is 12.6. The van der Waals surface area contributed by atoms with Crippen molar-refractivity contribution in [3.05, 3.63) is 90.6 Å². The predicted octanol–water partition coefficient (Wildman–Crippen LogP) is 5.35. The lowest BCUT2D eigenvalue weighted by Gasteiger charge is -2.09. The van der Waals surface area contributed by atoms with E-state index in [4.69, 9.17) is 0 Å². The van der Waals surface area contributed by atoms with E-state index in [0.717, 1.165) is 37.9 Å². The lowest BCUT2D eigenvalue weighted by molar-refractivity contribution is 0.0955. The van der Waals surface area contributed by atoms with Crippen LogP contribution in [0.4, 0.5) is 5.82 Å². The molecule has 0 aliphatic carbocycles.